The molecule has 2 fully saturated rings. The molecule has 0 radical (unpaired) electrons. The van der Waals surface area contributed by atoms with Gasteiger partial charge >= 0.3 is 0 Å². The maximum atomic E-state index is 15.3. The Balaban J connectivity index is 1.16. The van der Waals surface area contributed by atoms with E-state index in [0.717, 1.165) is 50.2 Å². The first kappa shape index (κ1) is 28.0. The quantitative estimate of drug-likeness (QED) is 0.377. The van der Waals surface area contributed by atoms with Crippen molar-refractivity contribution in [2.24, 2.45) is 5.92 Å². The Kier molecular flexibility index (Phi) is 7.92. The largest absolute Gasteiger partial charge is 0.486 e. The summed E-state index contributed by atoms with van der Waals surface area (Å²) in [7, 11) is 2.16. The van der Waals surface area contributed by atoms with Gasteiger partial charge in [-0.1, -0.05) is 12.1 Å². The van der Waals surface area contributed by atoms with Gasteiger partial charge in [-0.15, -0.1) is 0 Å². The fourth-order valence-corrected chi connectivity index (χ4v) is 6.60. The van der Waals surface area contributed by atoms with Crippen LogP contribution in [0.15, 0.2) is 36.5 Å². The normalized spacial score (nSPS) is 18.9. The number of hydrogen-bond acceptors (Lipinski definition) is 6. The van der Waals surface area contributed by atoms with E-state index in [2.05, 4.69) is 26.8 Å². The van der Waals surface area contributed by atoms with Crippen LogP contribution in [0, 0.1) is 23.4 Å². The molecule has 218 valence electrons. The van der Waals surface area contributed by atoms with Crippen LogP contribution in [0.5, 0.6) is 5.75 Å². The molecular weight excluding hydrogens is 527 g/mol. The molecule has 0 unspecified atom stereocenters. The third-order valence-corrected chi connectivity index (χ3v) is 8.71. The van der Waals surface area contributed by atoms with Crippen molar-refractivity contribution in [1.29, 1.82) is 0 Å². The van der Waals surface area contributed by atoms with Gasteiger partial charge in [0, 0.05) is 37.7 Å². The van der Waals surface area contributed by atoms with Crippen molar-refractivity contribution < 1.29 is 17.9 Å². The van der Waals surface area contributed by atoms with Crippen molar-refractivity contribution >= 4 is 5.69 Å². The summed E-state index contributed by atoms with van der Waals surface area (Å²) in [5.41, 5.74) is 2.39. The lowest BCUT2D eigenvalue weighted by Crippen LogP contribution is -2.50. The summed E-state index contributed by atoms with van der Waals surface area (Å²) in [4.78, 5) is 15.5. The second-order valence-electron chi connectivity index (χ2n) is 12.1. The standard InChI is InChI=1S/C32H38F3N5O/c1-20(2)40-10-11-41-32-27(34)14-24(15-29(32)40)31-28(35)16-36-30(37-31)13-21-4-5-25(26(33)12-21)23-6-8-39(9-7-23)19-22-17-38(3)18-22/h4-5,12,14-16,20,22-23H,6-11,13,17-19H2,1-3H3. The Morgan fingerprint density at radius 3 is 2.46 bits per heavy atom. The molecule has 3 aromatic rings. The fraction of sp³-hybridized carbons (Fsp3) is 0.500. The smallest absolute Gasteiger partial charge is 0.178 e. The van der Waals surface area contributed by atoms with Gasteiger partial charge in [0.15, 0.2) is 17.4 Å². The minimum atomic E-state index is -0.641. The number of aromatic nitrogens is 2. The third kappa shape index (κ3) is 5.93. The van der Waals surface area contributed by atoms with Gasteiger partial charge in [0.2, 0.25) is 0 Å². The lowest BCUT2D eigenvalue weighted by atomic mass is 9.87. The number of anilines is 1. The highest BCUT2D eigenvalue weighted by molar-refractivity contribution is 5.72. The number of halogens is 3. The molecule has 6 nitrogen and oxygen atoms in total. The summed E-state index contributed by atoms with van der Waals surface area (Å²) in [6, 6.07) is 8.44. The van der Waals surface area contributed by atoms with Crippen LogP contribution in [0.3, 0.4) is 0 Å². The Morgan fingerprint density at radius 2 is 1.76 bits per heavy atom. The highest BCUT2D eigenvalue weighted by atomic mass is 19.1. The number of benzene rings is 2. The molecule has 0 saturated carbocycles. The first-order valence-electron chi connectivity index (χ1n) is 14.7. The van der Waals surface area contributed by atoms with Gasteiger partial charge < -0.3 is 19.4 Å². The highest BCUT2D eigenvalue weighted by Crippen LogP contribution is 2.39. The van der Waals surface area contributed by atoms with Gasteiger partial charge in [-0.25, -0.2) is 23.1 Å². The zero-order valence-corrected chi connectivity index (χ0v) is 24.0. The first-order chi connectivity index (χ1) is 19.7. The fourth-order valence-electron chi connectivity index (χ4n) is 6.60. The molecule has 0 atom stereocenters. The maximum absolute atomic E-state index is 15.3. The second kappa shape index (κ2) is 11.6. The van der Waals surface area contributed by atoms with Crippen LogP contribution in [-0.2, 0) is 6.42 Å². The van der Waals surface area contributed by atoms with Gasteiger partial charge in [-0.3, -0.25) is 0 Å². The maximum Gasteiger partial charge on any atom is 0.178 e. The molecule has 2 aromatic carbocycles. The predicted molar refractivity (Wildman–Crippen MR) is 154 cm³/mol. The molecule has 0 N–H and O–H groups in total. The van der Waals surface area contributed by atoms with E-state index < -0.39 is 11.6 Å². The SMILES string of the molecule is CC(C)N1CCOc2c(F)cc(-c3nc(Cc4ccc(C5CCN(CC6CN(C)C6)CC5)c(F)c4)ncc3F)cc21. The van der Waals surface area contributed by atoms with E-state index in [-0.39, 0.29) is 35.6 Å². The van der Waals surface area contributed by atoms with Crippen molar-refractivity contribution in [3.63, 3.8) is 0 Å². The second-order valence-corrected chi connectivity index (χ2v) is 12.1. The van der Waals surface area contributed by atoms with Crippen molar-refractivity contribution in [3.8, 4) is 17.0 Å². The molecule has 2 saturated heterocycles. The van der Waals surface area contributed by atoms with E-state index in [1.807, 2.05) is 30.9 Å². The average Bonchev–Trinajstić information content (AvgIpc) is 2.93. The summed E-state index contributed by atoms with van der Waals surface area (Å²) in [5.74, 6) is 0.0895. The summed E-state index contributed by atoms with van der Waals surface area (Å²) in [5, 5.41) is 0. The molecule has 0 amide bonds. The van der Waals surface area contributed by atoms with E-state index in [1.54, 1.807) is 12.1 Å². The average molecular weight is 566 g/mol. The van der Waals surface area contributed by atoms with E-state index in [0.29, 0.717) is 35.8 Å². The van der Waals surface area contributed by atoms with Crippen LogP contribution in [0.1, 0.15) is 49.6 Å². The Bertz CT molecular complexity index is 1400. The van der Waals surface area contributed by atoms with Crippen LogP contribution in [0.25, 0.3) is 11.3 Å². The lowest BCUT2D eigenvalue weighted by molar-refractivity contribution is 0.0796. The molecule has 41 heavy (non-hydrogen) atoms. The Morgan fingerprint density at radius 1 is 0.976 bits per heavy atom. The van der Waals surface area contributed by atoms with Crippen LogP contribution in [0.2, 0.25) is 0 Å². The van der Waals surface area contributed by atoms with E-state index in [1.165, 1.54) is 19.2 Å². The minimum Gasteiger partial charge on any atom is -0.486 e. The third-order valence-electron chi connectivity index (χ3n) is 8.71. The molecular formula is C32H38F3N5O. The van der Waals surface area contributed by atoms with E-state index >= 15 is 8.78 Å². The number of hydrogen-bond donors (Lipinski definition) is 0. The van der Waals surface area contributed by atoms with Crippen LogP contribution in [-0.4, -0.2) is 78.7 Å². The molecule has 0 bridgehead atoms. The first-order valence-corrected chi connectivity index (χ1v) is 14.7. The number of likely N-dealkylation sites (tertiary alicyclic amines) is 2. The summed E-state index contributed by atoms with van der Waals surface area (Å²) >= 11 is 0. The molecule has 3 aliphatic heterocycles. The van der Waals surface area contributed by atoms with Gasteiger partial charge in [0.25, 0.3) is 0 Å². The molecule has 9 heteroatoms. The predicted octanol–water partition coefficient (Wildman–Crippen LogP) is 5.50. The lowest BCUT2D eigenvalue weighted by Gasteiger charge is -2.41. The summed E-state index contributed by atoms with van der Waals surface area (Å²) < 4.78 is 50.8. The number of piperidine rings is 1. The summed E-state index contributed by atoms with van der Waals surface area (Å²) in [6.07, 6.45) is 3.26. The number of ether oxygens (including phenoxy) is 1. The molecule has 3 aliphatic rings. The van der Waals surface area contributed by atoms with Crippen molar-refractivity contribution in [3.05, 3.63) is 70.9 Å². The van der Waals surface area contributed by atoms with Crippen LogP contribution >= 0.6 is 0 Å². The minimum absolute atomic E-state index is 0.0170. The molecule has 4 heterocycles. The van der Waals surface area contributed by atoms with Gasteiger partial charge in [0.05, 0.1) is 18.4 Å². The van der Waals surface area contributed by atoms with Crippen LogP contribution < -0.4 is 9.64 Å². The summed E-state index contributed by atoms with van der Waals surface area (Å²) in [6.45, 7) is 10.5. The molecule has 0 spiro atoms. The molecule has 1 aromatic heterocycles. The molecule has 6 rings (SSSR count). The number of fused-ring (bicyclic) bond motifs is 1. The van der Waals surface area contributed by atoms with Crippen molar-refractivity contribution in [2.45, 2.75) is 45.1 Å². The highest BCUT2D eigenvalue weighted by Gasteiger charge is 2.29. The topological polar surface area (TPSA) is 44.7 Å². The van der Waals surface area contributed by atoms with Crippen molar-refractivity contribution in [1.82, 2.24) is 19.8 Å². The Labute approximate surface area is 240 Å². The Hall–Kier alpha value is -3.17. The van der Waals surface area contributed by atoms with E-state index in [9.17, 15) is 4.39 Å². The van der Waals surface area contributed by atoms with E-state index in [4.69, 9.17) is 4.74 Å². The van der Waals surface area contributed by atoms with Gasteiger partial charge in [0.1, 0.15) is 23.9 Å². The number of rotatable bonds is 7. The number of nitrogens with zero attached hydrogens (tertiary/aromatic N) is 5. The monoisotopic (exact) mass is 565 g/mol. The molecule has 0 aliphatic carbocycles. The van der Waals surface area contributed by atoms with Crippen LogP contribution in [0.4, 0.5) is 18.9 Å². The van der Waals surface area contributed by atoms with Gasteiger partial charge in [-0.05, 0) is 88.0 Å². The van der Waals surface area contributed by atoms with Gasteiger partial charge in [-0.2, -0.15) is 0 Å². The van der Waals surface area contributed by atoms with Crippen molar-refractivity contribution in [2.75, 3.05) is 57.8 Å². The zero-order chi connectivity index (χ0) is 28.7. The zero-order valence-electron chi connectivity index (χ0n) is 24.0.